The number of methoxy groups -OCH3 is 1. The molecule has 0 aliphatic carbocycles. The monoisotopic (exact) mass is 345 g/mol. The Morgan fingerprint density at radius 1 is 1.36 bits per heavy atom. The third-order valence-corrected chi connectivity index (χ3v) is 5.19. The Morgan fingerprint density at radius 3 is 2.72 bits per heavy atom. The van der Waals surface area contributed by atoms with Gasteiger partial charge in [-0.25, -0.2) is 0 Å². The molecule has 1 N–H and O–H groups in total. The number of nitro groups is 1. The minimum Gasteiger partial charge on any atom is -0.493 e. The van der Waals surface area contributed by atoms with Crippen molar-refractivity contribution in [2.24, 2.45) is 5.92 Å². The van der Waals surface area contributed by atoms with Crippen LogP contribution in [0.2, 0.25) is 0 Å². The van der Waals surface area contributed by atoms with Crippen molar-refractivity contribution in [2.75, 3.05) is 26.7 Å². The van der Waals surface area contributed by atoms with Crippen LogP contribution in [0.5, 0.6) is 5.75 Å². The molecule has 0 saturated carbocycles. The molecule has 25 heavy (non-hydrogen) atoms. The van der Waals surface area contributed by atoms with E-state index in [0.29, 0.717) is 16.9 Å². The standard InChI is InChI=1S/C17H19N3O5/c1-24-14-8-12(20(22)23)6-11-7-15(25-16(11)14)17(21)18-13-9-19-4-2-10(13)3-5-19/h6-8,10,13H,2-5,9H2,1H3,(H,18,21)/t13-/m1/s1. The highest BCUT2D eigenvalue weighted by Gasteiger charge is 2.35. The average Bonchev–Trinajstić information content (AvgIpc) is 3.06. The molecule has 8 heteroatoms. The maximum Gasteiger partial charge on any atom is 0.287 e. The fraction of sp³-hybridized carbons (Fsp3) is 0.471. The number of hydrogen-bond acceptors (Lipinski definition) is 6. The van der Waals surface area contributed by atoms with Crippen LogP contribution in [0.3, 0.4) is 0 Å². The van der Waals surface area contributed by atoms with Gasteiger partial charge in [0.25, 0.3) is 11.6 Å². The average molecular weight is 345 g/mol. The fourth-order valence-electron chi connectivity index (χ4n) is 3.84. The van der Waals surface area contributed by atoms with E-state index in [9.17, 15) is 14.9 Å². The second-order valence-electron chi connectivity index (χ2n) is 6.65. The predicted octanol–water partition coefficient (Wildman–Crippen LogP) is 2.17. The maximum atomic E-state index is 12.6. The summed E-state index contributed by atoms with van der Waals surface area (Å²) in [6.45, 7) is 3.07. The summed E-state index contributed by atoms with van der Waals surface area (Å²) in [5, 5.41) is 14.6. The smallest absolute Gasteiger partial charge is 0.287 e. The van der Waals surface area contributed by atoms with Crippen LogP contribution < -0.4 is 10.1 Å². The van der Waals surface area contributed by atoms with Crippen molar-refractivity contribution in [1.82, 2.24) is 10.2 Å². The molecule has 1 amide bonds. The number of non-ortho nitro benzene ring substituents is 1. The van der Waals surface area contributed by atoms with Gasteiger partial charge < -0.3 is 19.4 Å². The molecule has 1 aromatic carbocycles. The predicted molar refractivity (Wildman–Crippen MR) is 89.8 cm³/mol. The number of benzene rings is 1. The Hall–Kier alpha value is -2.61. The van der Waals surface area contributed by atoms with Gasteiger partial charge >= 0.3 is 0 Å². The van der Waals surface area contributed by atoms with Crippen LogP contribution in [0.1, 0.15) is 23.4 Å². The van der Waals surface area contributed by atoms with Gasteiger partial charge in [-0.1, -0.05) is 0 Å². The van der Waals surface area contributed by atoms with Crippen LogP contribution in [0.4, 0.5) is 5.69 Å². The molecule has 3 aliphatic rings. The van der Waals surface area contributed by atoms with Gasteiger partial charge in [0.05, 0.1) is 18.1 Å². The Bertz CT molecular complexity index is 838. The van der Waals surface area contributed by atoms with Crippen LogP contribution in [0.25, 0.3) is 11.0 Å². The zero-order valence-corrected chi connectivity index (χ0v) is 13.9. The van der Waals surface area contributed by atoms with Gasteiger partial charge in [0.15, 0.2) is 17.1 Å². The highest BCUT2D eigenvalue weighted by atomic mass is 16.6. The molecule has 3 aliphatic heterocycles. The molecule has 2 bridgehead atoms. The maximum absolute atomic E-state index is 12.6. The number of carbonyl (C=O) groups is 1. The Morgan fingerprint density at radius 2 is 2.12 bits per heavy atom. The highest BCUT2D eigenvalue weighted by molar-refractivity contribution is 5.98. The molecular weight excluding hydrogens is 326 g/mol. The van der Waals surface area contributed by atoms with E-state index in [4.69, 9.17) is 9.15 Å². The Kier molecular flexibility index (Phi) is 3.84. The number of carbonyl (C=O) groups excluding carboxylic acids is 1. The lowest BCUT2D eigenvalue weighted by Gasteiger charge is -2.44. The zero-order valence-electron chi connectivity index (χ0n) is 13.9. The first kappa shape index (κ1) is 15.9. The van der Waals surface area contributed by atoms with Gasteiger partial charge in [0, 0.05) is 24.0 Å². The first-order chi connectivity index (χ1) is 12.0. The van der Waals surface area contributed by atoms with E-state index in [0.717, 1.165) is 32.5 Å². The van der Waals surface area contributed by atoms with E-state index in [2.05, 4.69) is 10.2 Å². The molecule has 4 heterocycles. The molecule has 1 aromatic heterocycles. The molecular formula is C17H19N3O5. The van der Waals surface area contributed by atoms with Gasteiger partial charge in [-0.05, 0) is 37.9 Å². The minimum atomic E-state index is -0.498. The third-order valence-electron chi connectivity index (χ3n) is 5.19. The Balaban J connectivity index is 1.60. The van der Waals surface area contributed by atoms with Crippen LogP contribution in [-0.2, 0) is 0 Å². The van der Waals surface area contributed by atoms with Crippen molar-refractivity contribution in [3.05, 3.63) is 34.1 Å². The van der Waals surface area contributed by atoms with E-state index < -0.39 is 4.92 Å². The number of nitrogens with zero attached hydrogens (tertiary/aromatic N) is 2. The number of piperidine rings is 3. The molecule has 0 unspecified atom stereocenters. The number of ether oxygens (including phenoxy) is 1. The van der Waals surface area contributed by atoms with Crippen molar-refractivity contribution in [3.63, 3.8) is 0 Å². The summed E-state index contributed by atoms with van der Waals surface area (Å²) < 4.78 is 10.8. The summed E-state index contributed by atoms with van der Waals surface area (Å²) in [7, 11) is 1.41. The number of fused-ring (bicyclic) bond motifs is 4. The molecule has 0 spiro atoms. The number of rotatable bonds is 4. The van der Waals surface area contributed by atoms with Gasteiger partial charge in [-0.15, -0.1) is 0 Å². The SMILES string of the molecule is COc1cc([N+](=O)[O-])cc2cc(C(=O)N[C@@H]3CN4CCC3CC4)oc12. The summed E-state index contributed by atoms with van der Waals surface area (Å²) in [4.78, 5) is 25.5. The second-order valence-corrected chi connectivity index (χ2v) is 6.65. The van der Waals surface area contributed by atoms with Crippen molar-refractivity contribution < 1.29 is 18.9 Å². The molecule has 0 radical (unpaired) electrons. The quantitative estimate of drug-likeness (QED) is 0.674. The minimum absolute atomic E-state index is 0.102. The summed E-state index contributed by atoms with van der Waals surface area (Å²) >= 11 is 0. The van der Waals surface area contributed by atoms with Crippen LogP contribution in [0.15, 0.2) is 22.6 Å². The second kappa shape index (κ2) is 6.03. The van der Waals surface area contributed by atoms with Crippen LogP contribution in [0, 0.1) is 16.0 Å². The fourth-order valence-corrected chi connectivity index (χ4v) is 3.84. The van der Waals surface area contributed by atoms with Crippen molar-refractivity contribution in [2.45, 2.75) is 18.9 Å². The summed E-state index contributed by atoms with van der Waals surface area (Å²) in [6, 6.07) is 4.33. The first-order valence-corrected chi connectivity index (χ1v) is 8.34. The molecule has 2 aromatic rings. The van der Waals surface area contributed by atoms with Crippen LogP contribution in [-0.4, -0.2) is 48.5 Å². The normalized spacial score (nSPS) is 25.1. The molecule has 1 atom stereocenters. The van der Waals surface area contributed by atoms with Crippen molar-refractivity contribution in [3.8, 4) is 5.75 Å². The van der Waals surface area contributed by atoms with E-state index in [1.807, 2.05) is 0 Å². The van der Waals surface area contributed by atoms with E-state index in [1.54, 1.807) is 0 Å². The number of nitro benzene ring substituents is 1. The van der Waals surface area contributed by atoms with Crippen LogP contribution >= 0.6 is 0 Å². The first-order valence-electron chi connectivity index (χ1n) is 8.34. The lowest BCUT2D eigenvalue weighted by atomic mass is 9.84. The van der Waals surface area contributed by atoms with Gasteiger partial charge in [0.2, 0.25) is 0 Å². The summed E-state index contributed by atoms with van der Waals surface area (Å²) in [6.07, 6.45) is 2.20. The largest absolute Gasteiger partial charge is 0.493 e. The topological polar surface area (TPSA) is 97.8 Å². The molecule has 132 valence electrons. The lowest BCUT2D eigenvalue weighted by molar-refractivity contribution is -0.384. The number of nitrogens with one attached hydrogen (secondary N) is 1. The Labute approximate surface area is 143 Å². The van der Waals surface area contributed by atoms with Crippen molar-refractivity contribution >= 4 is 22.6 Å². The van der Waals surface area contributed by atoms with Crippen molar-refractivity contribution in [1.29, 1.82) is 0 Å². The molecule has 5 rings (SSSR count). The van der Waals surface area contributed by atoms with E-state index in [1.165, 1.54) is 25.3 Å². The van der Waals surface area contributed by atoms with Gasteiger partial charge in [-0.3, -0.25) is 14.9 Å². The summed E-state index contributed by atoms with van der Waals surface area (Å²) in [5.74, 6) is 0.602. The molecule has 8 nitrogen and oxygen atoms in total. The van der Waals surface area contributed by atoms with E-state index in [-0.39, 0.29) is 29.1 Å². The molecule has 3 fully saturated rings. The summed E-state index contributed by atoms with van der Waals surface area (Å²) in [5.41, 5.74) is 0.238. The number of hydrogen-bond donors (Lipinski definition) is 1. The zero-order chi connectivity index (χ0) is 17.6. The highest BCUT2D eigenvalue weighted by Crippen LogP contribution is 2.34. The molecule has 3 saturated heterocycles. The van der Waals surface area contributed by atoms with E-state index >= 15 is 0 Å². The van der Waals surface area contributed by atoms with Gasteiger partial charge in [-0.2, -0.15) is 0 Å². The van der Waals surface area contributed by atoms with Gasteiger partial charge in [0.1, 0.15) is 0 Å². The number of furan rings is 1. The lowest BCUT2D eigenvalue weighted by Crippen LogP contribution is -2.57. The third kappa shape index (κ3) is 2.82. The number of amides is 1.